The molecule has 0 radical (unpaired) electrons. The van der Waals surface area contributed by atoms with Gasteiger partial charge in [-0.05, 0) is 12.0 Å². The molecule has 1 N–H and O–H groups in total. The molecule has 6 nitrogen and oxygen atoms in total. The van der Waals surface area contributed by atoms with Crippen molar-refractivity contribution in [3.05, 3.63) is 24.0 Å². The minimum atomic E-state index is -0.449. The Morgan fingerprint density at radius 3 is 2.65 bits per heavy atom. The summed E-state index contributed by atoms with van der Waals surface area (Å²) < 4.78 is 11.4. The molecular weight excluding hydrogens is 294 g/mol. The van der Waals surface area contributed by atoms with Gasteiger partial charge in [-0.25, -0.2) is 0 Å². The molecule has 0 bridgehead atoms. The van der Waals surface area contributed by atoms with Crippen LogP contribution in [-0.2, 0) is 9.47 Å². The fraction of sp³-hybridized carbons (Fsp3) is 0.647. The first kappa shape index (κ1) is 16.2. The number of aromatic nitrogens is 1. The van der Waals surface area contributed by atoms with Gasteiger partial charge in [-0.3, -0.25) is 9.78 Å². The van der Waals surface area contributed by atoms with Crippen LogP contribution in [0.5, 0.6) is 0 Å². The number of piperidine rings is 1. The quantitative estimate of drug-likeness (QED) is 0.921. The van der Waals surface area contributed by atoms with E-state index in [1.807, 2.05) is 11.0 Å². The van der Waals surface area contributed by atoms with Crippen molar-refractivity contribution in [3.8, 4) is 0 Å². The van der Waals surface area contributed by atoms with E-state index in [0.717, 1.165) is 25.1 Å². The van der Waals surface area contributed by atoms with Crippen LogP contribution in [0.1, 0.15) is 37.0 Å². The van der Waals surface area contributed by atoms with E-state index in [4.69, 9.17) is 9.47 Å². The maximum absolute atomic E-state index is 12.7. The Kier molecular flexibility index (Phi) is 4.82. The molecule has 3 rings (SSSR count). The maximum atomic E-state index is 12.7. The Labute approximate surface area is 137 Å². The van der Waals surface area contributed by atoms with Crippen LogP contribution in [0.25, 0.3) is 0 Å². The van der Waals surface area contributed by atoms with E-state index in [-0.39, 0.29) is 5.91 Å². The molecule has 0 aliphatic carbocycles. The van der Waals surface area contributed by atoms with Crippen molar-refractivity contribution in [2.45, 2.75) is 32.5 Å². The molecule has 3 heterocycles. The topological polar surface area (TPSA) is 63.7 Å². The first-order chi connectivity index (χ1) is 11.1. The lowest BCUT2D eigenvalue weighted by Gasteiger charge is -2.37. The summed E-state index contributed by atoms with van der Waals surface area (Å²) in [5.74, 6) is 0.119. The van der Waals surface area contributed by atoms with E-state index < -0.39 is 5.79 Å². The average molecular weight is 319 g/mol. The van der Waals surface area contributed by atoms with Crippen molar-refractivity contribution in [1.82, 2.24) is 9.88 Å². The number of hydrogen-bond donors (Lipinski definition) is 1. The van der Waals surface area contributed by atoms with Gasteiger partial charge in [0.15, 0.2) is 5.79 Å². The predicted octanol–water partition coefficient (Wildman–Crippen LogP) is 2.13. The van der Waals surface area contributed by atoms with Crippen LogP contribution in [0.2, 0.25) is 0 Å². The first-order valence-electron chi connectivity index (χ1n) is 8.34. The molecule has 1 aromatic rings. The lowest BCUT2D eigenvalue weighted by atomic mass is 10.0. The van der Waals surface area contributed by atoms with Crippen LogP contribution >= 0.6 is 0 Å². The third-order valence-corrected chi connectivity index (χ3v) is 4.33. The number of anilines is 1. The number of amides is 1. The highest BCUT2D eigenvalue weighted by Crippen LogP contribution is 2.31. The van der Waals surface area contributed by atoms with Gasteiger partial charge in [-0.15, -0.1) is 0 Å². The number of nitrogens with one attached hydrogen (secondary N) is 1. The highest BCUT2D eigenvalue weighted by atomic mass is 16.7. The third kappa shape index (κ3) is 3.82. The van der Waals surface area contributed by atoms with Gasteiger partial charge in [-0.1, -0.05) is 13.8 Å². The summed E-state index contributed by atoms with van der Waals surface area (Å²) in [7, 11) is 0. The van der Waals surface area contributed by atoms with Crippen LogP contribution in [0.3, 0.4) is 0 Å². The molecule has 2 aliphatic heterocycles. The molecule has 6 heteroatoms. The van der Waals surface area contributed by atoms with E-state index >= 15 is 0 Å². The van der Waals surface area contributed by atoms with Crippen molar-refractivity contribution in [3.63, 3.8) is 0 Å². The van der Waals surface area contributed by atoms with Crippen molar-refractivity contribution in [2.75, 3.05) is 38.2 Å². The van der Waals surface area contributed by atoms with Crippen LogP contribution in [0.4, 0.5) is 5.69 Å². The molecule has 0 aromatic carbocycles. The molecule has 2 saturated heterocycles. The summed E-state index contributed by atoms with van der Waals surface area (Å²) in [6.07, 6.45) is 4.86. The minimum absolute atomic E-state index is 0.0264. The highest BCUT2D eigenvalue weighted by molar-refractivity contribution is 5.94. The fourth-order valence-electron chi connectivity index (χ4n) is 2.99. The van der Waals surface area contributed by atoms with Gasteiger partial charge in [0.05, 0.1) is 24.5 Å². The Morgan fingerprint density at radius 1 is 1.30 bits per heavy atom. The van der Waals surface area contributed by atoms with Crippen LogP contribution in [0, 0.1) is 5.92 Å². The molecule has 1 spiro atoms. The van der Waals surface area contributed by atoms with E-state index in [1.165, 1.54) is 0 Å². The molecule has 126 valence electrons. The normalized spacial score (nSPS) is 20.2. The second-order valence-corrected chi connectivity index (χ2v) is 6.64. The van der Waals surface area contributed by atoms with Crippen LogP contribution in [0.15, 0.2) is 18.5 Å². The Bertz CT molecular complexity index is 546. The number of nitrogens with zero attached hydrogens (tertiary/aromatic N) is 2. The van der Waals surface area contributed by atoms with E-state index in [0.29, 0.717) is 37.8 Å². The van der Waals surface area contributed by atoms with Gasteiger partial charge in [0, 0.05) is 44.9 Å². The van der Waals surface area contributed by atoms with Crippen molar-refractivity contribution in [2.24, 2.45) is 5.92 Å². The Hall–Kier alpha value is -1.66. The number of pyridine rings is 1. The molecule has 23 heavy (non-hydrogen) atoms. The molecule has 0 atom stereocenters. The summed E-state index contributed by atoms with van der Waals surface area (Å²) in [6.45, 7) is 7.77. The van der Waals surface area contributed by atoms with Gasteiger partial charge >= 0.3 is 0 Å². The summed E-state index contributed by atoms with van der Waals surface area (Å²) >= 11 is 0. The molecule has 0 unspecified atom stereocenters. The first-order valence-corrected chi connectivity index (χ1v) is 8.34. The van der Waals surface area contributed by atoms with Gasteiger partial charge in [0.2, 0.25) is 0 Å². The van der Waals surface area contributed by atoms with Gasteiger partial charge in [0.25, 0.3) is 5.91 Å². The van der Waals surface area contributed by atoms with Crippen LogP contribution in [-0.4, -0.2) is 54.4 Å². The van der Waals surface area contributed by atoms with E-state index in [9.17, 15) is 4.79 Å². The Balaban J connectivity index is 1.61. The third-order valence-electron chi connectivity index (χ3n) is 4.33. The SMILES string of the molecule is CC(C)CNc1cncc(C(=O)N2CCC3(CC2)OCCO3)c1. The number of carbonyl (C=O) groups excluding carboxylic acids is 1. The zero-order valence-corrected chi connectivity index (χ0v) is 13.9. The Morgan fingerprint density at radius 2 is 2.00 bits per heavy atom. The van der Waals surface area contributed by atoms with E-state index in [2.05, 4.69) is 24.1 Å². The highest BCUT2D eigenvalue weighted by Gasteiger charge is 2.40. The largest absolute Gasteiger partial charge is 0.384 e. The number of rotatable bonds is 4. The standard InChI is InChI=1S/C17H25N3O3/c1-13(2)10-19-15-9-14(11-18-12-15)16(21)20-5-3-17(4-6-20)22-7-8-23-17/h9,11-13,19H,3-8,10H2,1-2H3. The summed E-state index contributed by atoms with van der Waals surface area (Å²) in [6, 6.07) is 1.88. The minimum Gasteiger partial charge on any atom is -0.384 e. The molecule has 2 fully saturated rings. The fourth-order valence-corrected chi connectivity index (χ4v) is 2.99. The molecule has 0 saturated carbocycles. The maximum Gasteiger partial charge on any atom is 0.255 e. The molecule has 1 amide bonds. The molecule has 1 aromatic heterocycles. The molecular formula is C17H25N3O3. The zero-order chi connectivity index (χ0) is 16.3. The van der Waals surface area contributed by atoms with Gasteiger partial charge in [0.1, 0.15) is 0 Å². The van der Waals surface area contributed by atoms with Crippen LogP contribution < -0.4 is 5.32 Å². The summed E-state index contributed by atoms with van der Waals surface area (Å²) in [5, 5.41) is 3.31. The number of likely N-dealkylation sites (tertiary alicyclic amines) is 1. The van der Waals surface area contributed by atoms with E-state index in [1.54, 1.807) is 12.4 Å². The van der Waals surface area contributed by atoms with Crippen molar-refractivity contribution < 1.29 is 14.3 Å². The van der Waals surface area contributed by atoms with Crippen molar-refractivity contribution >= 4 is 11.6 Å². The molecule has 2 aliphatic rings. The monoisotopic (exact) mass is 319 g/mol. The summed E-state index contributed by atoms with van der Waals surface area (Å²) in [5.41, 5.74) is 1.52. The zero-order valence-electron chi connectivity index (χ0n) is 13.9. The number of hydrogen-bond acceptors (Lipinski definition) is 5. The lowest BCUT2D eigenvalue weighted by Crippen LogP contribution is -2.47. The van der Waals surface area contributed by atoms with Gasteiger partial charge < -0.3 is 19.7 Å². The predicted molar refractivity (Wildman–Crippen MR) is 87.3 cm³/mol. The smallest absolute Gasteiger partial charge is 0.255 e. The summed E-state index contributed by atoms with van der Waals surface area (Å²) in [4.78, 5) is 18.7. The van der Waals surface area contributed by atoms with Crippen molar-refractivity contribution in [1.29, 1.82) is 0 Å². The second-order valence-electron chi connectivity index (χ2n) is 6.64. The lowest BCUT2D eigenvalue weighted by molar-refractivity contribution is -0.181. The van der Waals surface area contributed by atoms with Gasteiger partial charge in [-0.2, -0.15) is 0 Å². The number of ether oxygens (including phenoxy) is 2. The number of carbonyl (C=O) groups is 1. The second kappa shape index (κ2) is 6.84. The average Bonchev–Trinajstić information content (AvgIpc) is 3.01.